The second-order valence-electron chi connectivity index (χ2n) is 3.98. The molecule has 0 saturated heterocycles. The molecular formula is C15H12F2NO2. The number of ether oxygens (including phenoxy) is 1. The lowest BCUT2D eigenvalue weighted by Gasteiger charge is -2.01. The van der Waals surface area contributed by atoms with E-state index in [-0.39, 0.29) is 6.61 Å². The molecule has 0 heterocycles. The van der Waals surface area contributed by atoms with E-state index in [1.54, 1.807) is 31.4 Å². The van der Waals surface area contributed by atoms with E-state index in [1.807, 2.05) is 0 Å². The van der Waals surface area contributed by atoms with Crippen molar-refractivity contribution in [3.05, 3.63) is 65.2 Å². The highest BCUT2D eigenvalue weighted by Crippen LogP contribution is 2.11. The van der Waals surface area contributed by atoms with Gasteiger partial charge in [0.25, 0.3) is 0 Å². The van der Waals surface area contributed by atoms with E-state index in [4.69, 9.17) is 9.57 Å². The van der Waals surface area contributed by atoms with Gasteiger partial charge in [-0.1, -0.05) is 5.16 Å². The zero-order valence-corrected chi connectivity index (χ0v) is 10.8. The van der Waals surface area contributed by atoms with Gasteiger partial charge in [-0.2, -0.15) is 0 Å². The van der Waals surface area contributed by atoms with Crippen molar-refractivity contribution in [2.75, 3.05) is 7.11 Å². The van der Waals surface area contributed by atoms with E-state index < -0.39 is 11.6 Å². The van der Waals surface area contributed by atoms with Gasteiger partial charge in [0, 0.05) is 11.6 Å². The van der Waals surface area contributed by atoms with Crippen LogP contribution in [0.25, 0.3) is 0 Å². The number of rotatable bonds is 5. The van der Waals surface area contributed by atoms with E-state index in [1.165, 1.54) is 12.1 Å². The van der Waals surface area contributed by atoms with Gasteiger partial charge in [-0.25, -0.2) is 8.78 Å². The maximum absolute atomic E-state index is 12.9. The fourth-order valence-electron chi connectivity index (χ4n) is 1.55. The minimum Gasteiger partial charge on any atom is -0.497 e. The summed E-state index contributed by atoms with van der Waals surface area (Å²) in [5, 5.41) is 3.62. The Hall–Kier alpha value is -2.43. The molecule has 20 heavy (non-hydrogen) atoms. The second-order valence-corrected chi connectivity index (χ2v) is 3.98. The summed E-state index contributed by atoms with van der Waals surface area (Å²) in [7, 11) is 1.58. The molecule has 0 aliphatic heterocycles. The molecular weight excluding hydrogens is 264 g/mol. The number of methoxy groups -OCH3 is 1. The molecule has 3 nitrogen and oxygen atoms in total. The minimum atomic E-state index is -0.647. The van der Waals surface area contributed by atoms with Gasteiger partial charge in [0.15, 0.2) is 0 Å². The Morgan fingerprint density at radius 2 is 1.70 bits per heavy atom. The summed E-state index contributed by atoms with van der Waals surface area (Å²) in [6, 6.07) is 10.2. The lowest BCUT2D eigenvalue weighted by Crippen LogP contribution is -1.91. The van der Waals surface area contributed by atoms with Crippen LogP contribution in [0.5, 0.6) is 5.75 Å². The summed E-state index contributed by atoms with van der Waals surface area (Å²) in [5.41, 5.74) is 1.07. The molecule has 0 saturated carbocycles. The van der Waals surface area contributed by atoms with Crippen LogP contribution in [0.2, 0.25) is 0 Å². The third kappa shape index (κ3) is 4.05. The number of halogens is 2. The molecule has 103 valence electrons. The van der Waals surface area contributed by atoms with Gasteiger partial charge >= 0.3 is 0 Å². The molecule has 0 unspecified atom stereocenters. The maximum Gasteiger partial charge on any atom is 0.142 e. The van der Waals surface area contributed by atoms with E-state index in [0.29, 0.717) is 11.1 Å². The largest absolute Gasteiger partial charge is 0.497 e. The lowest BCUT2D eigenvalue weighted by atomic mass is 10.2. The first-order valence-electron chi connectivity index (χ1n) is 5.84. The Kier molecular flexibility index (Phi) is 4.65. The Morgan fingerprint density at radius 3 is 2.30 bits per heavy atom. The van der Waals surface area contributed by atoms with Gasteiger partial charge in [0.2, 0.25) is 0 Å². The van der Waals surface area contributed by atoms with Crippen molar-refractivity contribution < 1.29 is 18.4 Å². The van der Waals surface area contributed by atoms with Crippen LogP contribution in [-0.2, 0) is 11.4 Å². The lowest BCUT2D eigenvalue weighted by molar-refractivity contribution is 0.131. The summed E-state index contributed by atoms with van der Waals surface area (Å²) in [6.07, 6.45) is 2.66. The van der Waals surface area contributed by atoms with Crippen LogP contribution in [-0.4, -0.2) is 13.3 Å². The average molecular weight is 276 g/mol. The summed E-state index contributed by atoms with van der Waals surface area (Å²) < 4.78 is 30.9. The van der Waals surface area contributed by atoms with Crippen LogP contribution >= 0.6 is 0 Å². The Bertz CT molecular complexity index is 577. The van der Waals surface area contributed by atoms with Crippen LogP contribution in [0.3, 0.4) is 0 Å². The van der Waals surface area contributed by atoms with Crippen molar-refractivity contribution in [1.82, 2.24) is 0 Å². The quantitative estimate of drug-likeness (QED) is 0.619. The van der Waals surface area contributed by atoms with Gasteiger partial charge in [-0.15, -0.1) is 0 Å². The third-order valence-corrected chi connectivity index (χ3v) is 2.48. The van der Waals surface area contributed by atoms with Crippen LogP contribution in [0.4, 0.5) is 8.78 Å². The molecule has 2 rings (SSSR count). The van der Waals surface area contributed by atoms with Crippen molar-refractivity contribution >= 4 is 6.21 Å². The fraction of sp³-hybridized carbons (Fsp3) is 0.133. The highest BCUT2D eigenvalue weighted by atomic mass is 19.1. The van der Waals surface area contributed by atoms with Crippen LogP contribution in [0.15, 0.2) is 47.6 Å². The highest BCUT2D eigenvalue weighted by molar-refractivity contribution is 5.79. The molecule has 0 N–H and O–H groups in total. The monoisotopic (exact) mass is 276 g/mol. The molecule has 5 heteroatoms. The SMILES string of the molecule is COc1ccc(/[C]=N\OCc2cc(F)cc(F)c2)cc1. The first kappa shape index (κ1) is 14.0. The van der Waals surface area contributed by atoms with Crippen LogP contribution < -0.4 is 4.74 Å². The summed E-state index contributed by atoms with van der Waals surface area (Å²) in [4.78, 5) is 4.94. The zero-order chi connectivity index (χ0) is 14.4. The van der Waals surface area contributed by atoms with Gasteiger partial charge < -0.3 is 9.57 Å². The normalized spacial score (nSPS) is 10.8. The number of nitrogens with zero attached hydrogens (tertiary/aromatic N) is 1. The molecule has 0 aliphatic carbocycles. The molecule has 0 fully saturated rings. The average Bonchev–Trinajstić information content (AvgIpc) is 2.43. The highest BCUT2D eigenvalue weighted by Gasteiger charge is 2.00. The Morgan fingerprint density at radius 1 is 1.05 bits per heavy atom. The predicted octanol–water partition coefficient (Wildman–Crippen LogP) is 3.40. The van der Waals surface area contributed by atoms with Crippen molar-refractivity contribution in [3.8, 4) is 5.75 Å². The van der Waals surface area contributed by atoms with Crippen molar-refractivity contribution in [3.63, 3.8) is 0 Å². The molecule has 0 amide bonds. The van der Waals surface area contributed by atoms with Crippen LogP contribution in [0.1, 0.15) is 11.1 Å². The molecule has 2 aromatic carbocycles. The van der Waals surface area contributed by atoms with Crippen LogP contribution in [0, 0.1) is 11.6 Å². The van der Waals surface area contributed by atoms with Crippen molar-refractivity contribution in [2.24, 2.45) is 5.16 Å². The first-order chi connectivity index (χ1) is 9.67. The summed E-state index contributed by atoms with van der Waals surface area (Å²) >= 11 is 0. The molecule has 1 radical (unpaired) electrons. The number of hydrogen-bond acceptors (Lipinski definition) is 3. The summed E-state index contributed by atoms with van der Waals surface area (Å²) in [5.74, 6) is -0.565. The molecule has 0 aromatic heterocycles. The maximum atomic E-state index is 12.9. The third-order valence-electron chi connectivity index (χ3n) is 2.48. The van der Waals surface area contributed by atoms with E-state index in [9.17, 15) is 8.78 Å². The number of benzene rings is 2. The summed E-state index contributed by atoms with van der Waals surface area (Å²) in [6.45, 7) is -0.0299. The van der Waals surface area contributed by atoms with Gasteiger partial charge in [0.05, 0.1) is 7.11 Å². The van der Waals surface area contributed by atoms with Gasteiger partial charge in [-0.3, -0.25) is 0 Å². The van der Waals surface area contributed by atoms with Gasteiger partial charge in [0.1, 0.15) is 30.2 Å². The zero-order valence-electron chi connectivity index (χ0n) is 10.8. The molecule has 0 atom stereocenters. The topological polar surface area (TPSA) is 30.8 Å². The van der Waals surface area contributed by atoms with E-state index >= 15 is 0 Å². The Labute approximate surface area is 115 Å². The minimum absolute atomic E-state index is 0.0299. The van der Waals surface area contributed by atoms with Crippen molar-refractivity contribution in [1.29, 1.82) is 0 Å². The second kappa shape index (κ2) is 6.65. The van der Waals surface area contributed by atoms with Gasteiger partial charge in [-0.05, 0) is 42.0 Å². The molecule has 0 spiro atoms. The van der Waals surface area contributed by atoms with E-state index in [0.717, 1.165) is 11.8 Å². The molecule has 0 bridgehead atoms. The number of hydrogen-bond donors (Lipinski definition) is 0. The molecule has 2 aromatic rings. The standard InChI is InChI=1S/C15H12F2NO2/c1-19-15-4-2-11(3-5-15)9-18-20-10-12-6-13(16)8-14(17)7-12/h2-8H,10H2,1H3. The smallest absolute Gasteiger partial charge is 0.142 e. The molecule has 0 aliphatic rings. The fourth-order valence-corrected chi connectivity index (χ4v) is 1.55. The van der Waals surface area contributed by atoms with Crippen molar-refractivity contribution in [2.45, 2.75) is 6.61 Å². The van der Waals surface area contributed by atoms with E-state index in [2.05, 4.69) is 11.4 Å². The first-order valence-corrected chi connectivity index (χ1v) is 5.84. The predicted molar refractivity (Wildman–Crippen MR) is 70.7 cm³/mol. The Balaban J connectivity index is 1.89.